The van der Waals surface area contributed by atoms with Crippen LogP contribution in [0, 0.1) is 0 Å². The molecule has 0 aliphatic heterocycles. The van der Waals surface area contributed by atoms with E-state index in [2.05, 4.69) is 10.6 Å². The Morgan fingerprint density at radius 1 is 1.20 bits per heavy atom. The second-order valence-electron chi connectivity index (χ2n) is 3.28. The predicted molar refractivity (Wildman–Crippen MR) is 58.4 cm³/mol. The molecular formula is C11H14N2O2. The van der Waals surface area contributed by atoms with Crippen molar-refractivity contribution in [2.24, 2.45) is 0 Å². The van der Waals surface area contributed by atoms with Crippen LogP contribution in [0.1, 0.15) is 13.8 Å². The predicted octanol–water partition coefficient (Wildman–Crippen LogP) is 1.15. The number of amides is 2. The molecule has 1 unspecified atom stereocenters. The number of hydrogen-bond donors (Lipinski definition) is 2. The number of benzene rings is 1. The third kappa shape index (κ3) is 3.81. The summed E-state index contributed by atoms with van der Waals surface area (Å²) >= 11 is 0. The van der Waals surface area contributed by atoms with Crippen LogP contribution in [-0.4, -0.2) is 17.9 Å². The van der Waals surface area contributed by atoms with E-state index in [1.54, 1.807) is 19.1 Å². The lowest BCUT2D eigenvalue weighted by Crippen LogP contribution is -2.40. The molecule has 4 heteroatoms. The molecule has 1 aromatic carbocycles. The van der Waals surface area contributed by atoms with E-state index >= 15 is 0 Å². The lowest BCUT2D eigenvalue weighted by molar-refractivity contribution is -0.124. The molecule has 0 fully saturated rings. The quantitative estimate of drug-likeness (QED) is 0.779. The Bertz CT molecular complexity index is 349. The molecule has 80 valence electrons. The van der Waals surface area contributed by atoms with E-state index in [1.807, 2.05) is 18.2 Å². The van der Waals surface area contributed by atoms with Crippen LogP contribution in [0.25, 0.3) is 0 Å². The molecule has 0 aromatic heterocycles. The average Bonchev–Trinajstić information content (AvgIpc) is 2.18. The number of para-hydroxylation sites is 1. The lowest BCUT2D eigenvalue weighted by Gasteiger charge is -2.12. The first-order valence-corrected chi connectivity index (χ1v) is 4.72. The van der Waals surface area contributed by atoms with Crippen LogP contribution in [0.3, 0.4) is 0 Å². The van der Waals surface area contributed by atoms with Crippen molar-refractivity contribution in [3.05, 3.63) is 30.3 Å². The molecule has 1 atom stereocenters. The second-order valence-corrected chi connectivity index (χ2v) is 3.28. The third-order valence-corrected chi connectivity index (χ3v) is 1.85. The number of carbonyl (C=O) groups excluding carboxylic acids is 2. The van der Waals surface area contributed by atoms with Gasteiger partial charge in [0.1, 0.15) is 6.04 Å². The van der Waals surface area contributed by atoms with Gasteiger partial charge >= 0.3 is 0 Å². The van der Waals surface area contributed by atoms with Gasteiger partial charge in [0.25, 0.3) is 0 Å². The zero-order valence-corrected chi connectivity index (χ0v) is 8.78. The Morgan fingerprint density at radius 3 is 2.33 bits per heavy atom. The highest BCUT2D eigenvalue weighted by atomic mass is 16.2. The summed E-state index contributed by atoms with van der Waals surface area (Å²) in [6.07, 6.45) is 0. The fourth-order valence-corrected chi connectivity index (χ4v) is 1.14. The van der Waals surface area contributed by atoms with E-state index < -0.39 is 6.04 Å². The minimum atomic E-state index is -0.525. The minimum absolute atomic E-state index is 0.217. The third-order valence-electron chi connectivity index (χ3n) is 1.85. The maximum absolute atomic E-state index is 11.5. The molecule has 0 spiro atoms. The van der Waals surface area contributed by atoms with E-state index in [1.165, 1.54) is 6.92 Å². The van der Waals surface area contributed by atoms with Crippen LogP contribution >= 0.6 is 0 Å². The molecule has 0 saturated heterocycles. The van der Waals surface area contributed by atoms with Crippen molar-refractivity contribution in [2.75, 3.05) is 5.32 Å². The Hall–Kier alpha value is -1.84. The fraction of sp³-hybridized carbons (Fsp3) is 0.273. The topological polar surface area (TPSA) is 58.2 Å². The first-order valence-electron chi connectivity index (χ1n) is 4.72. The Labute approximate surface area is 88.7 Å². The van der Waals surface area contributed by atoms with Crippen molar-refractivity contribution >= 4 is 17.5 Å². The Morgan fingerprint density at radius 2 is 1.80 bits per heavy atom. The molecule has 0 saturated carbocycles. The van der Waals surface area contributed by atoms with E-state index in [0.29, 0.717) is 0 Å². The first-order chi connectivity index (χ1) is 7.09. The van der Waals surface area contributed by atoms with Crippen molar-refractivity contribution in [3.8, 4) is 0 Å². The van der Waals surface area contributed by atoms with Crippen molar-refractivity contribution in [1.82, 2.24) is 5.32 Å². The van der Waals surface area contributed by atoms with Crippen LogP contribution < -0.4 is 10.6 Å². The van der Waals surface area contributed by atoms with Crippen molar-refractivity contribution in [2.45, 2.75) is 19.9 Å². The molecule has 0 aliphatic rings. The zero-order chi connectivity index (χ0) is 11.3. The van der Waals surface area contributed by atoms with Gasteiger partial charge in [0, 0.05) is 12.6 Å². The summed E-state index contributed by atoms with van der Waals surface area (Å²) in [4.78, 5) is 22.2. The molecule has 0 radical (unpaired) electrons. The maximum Gasteiger partial charge on any atom is 0.246 e. The van der Waals surface area contributed by atoms with Crippen LogP contribution in [0.15, 0.2) is 30.3 Å². The largest absolute Gasteiger partial charge is 0.345 e. The van der Waals surface area contributed by atoms with Crippen LogP contribution in [0.4, 0.5) is 5.69 Å². The number of anilines is 1. The van der Waals surface area contributed by atoms with Gasteiger partial charge in [0.15, 0.2) is 0 Å². The van der Waals surface area contributed by atoms with Gasteiger partial charge in [-0.1, -0.05) is 18.2 Å². The molecule has 15 heavy (non-hydrogen) atoms. The maximum atomic E-state index is 11.5. The molecule has 1 aromatic rings. The molecule has 2 N–H and O–H groups in total. The van der Waals surface area contributed by atoms with Crippen LogP contribution in [0.5, 0.6) is 0 Å². The molecule has 0 aliphatic carbocycles. The van der Waals surface area contributed by atoms with Gasteiger partial charge in [0.05, 0.1) is 0 Å². The van der Waals surface area contributed by atoms with Gasteiger partial charge in [-0.25, -0.2) is 0 Å². The number of nitrogens with one attached hydrogen (secondary N) is 2. The number of hydrogen-bond acceptors (Lipinski definition) is 2. The average molecular weight is 206 g/mol. The van der Waals surface area contributed by atoms with Crippen molar-refractivity contribution in [1.29, 1.82) is 0 Å². The monoisotopic (exact) mass is 206 g/mol. The van der Waals surface area contributed by atoms with E-state index in [9.17, 15) is 9.59 Å². The summed E-state index contributed by atoms with van der Waals surface area (Å²) in [7, 11) is 0. The number of carbonyl (C=O) groups is 2. The van der Waals surface area contributed by atoms with Gasteiger partial charge in [0.2, 0.25) is 11.8 Å². The summed E-state index contributed by atoms with van der Waals surface area (Å²) in [6, 6.07) is 8.59. The molecule has 1 rings (SSSR count). The van der Waals surface area contributed by atoms with E-state index in [-0.39, 0.29) is 11.8 Å². The summed E-state index contributed by atoms with van der Waals surface area (Å²) < 4.78 is 0. The Balaban J connectivity index is 2.52. The fourth-order valence-electron chi connectivity index (χ4n) is 1.14. The Kier molecular flexibility index (Phi) is 3.85. The summed E-state index contributed by atoms with van der Waals surface area (Å²) in [5, 5.41) is 5.21. The minimum Gasteiger partial charge on any atom is -0.345 e. The van der Waals surface area contributed by atoms with Crippen LogP contribution in [-0.2, 0) is 9.59 Å². The van der Waals surface area contributed by atoms with Crippen molar-refractivity contribution in [3.63, 3.8) is 0 Å². The highest BCUT2D eigenvalue weighted by Gasteiger charge is 2.12. The van der Waals surface area contributed by atoms with Gasteiger partial charge in [-0.15, -0.1) is 0 Å². The normalized spacial score (nSPS) is 11.6. The van der Waals surface area contributed by atoms with Crippen LogP contribution in [0.2, 0.25) is 0 Å². The van der Waals surface area contributed by atoms with E-state index in [4.69, 9.17) is 0 Å². The lowest BCUT2D eigenvalue weighted by atomic mass is 10.2. The second kappa shape index (κ2) is 5.14. The molecule has 4 nitrogen and oxygen atoms in total. The molecule has 2 amide bonds. The summed E-state index contributed by atoms with van der Waals surface area (Å²) in [5.41, 5.74) is 0.722. The molecular weight excluding hydrogens is 192 g/mol. The molecule has 0 bridgehead atoms. The molecule has 0 heterocycles. The van der Waals surface area contributed by atoms with E-state index in [0.717, 1.165) is 5.69 Å². The van der Waals surface area contributed by atoms with Crippen molar-refractivity contribution < 1.29 is 9.59 Å². The van der Waals surface area contributed by atoms with Gasteiger partial charge in [-0.05, 0) is 19.1 Å². The zero-order valence-electron chi connectivity index (χ0n) is 8.78. The summed E-state index contributed by atoms with van der Waals surface area (Å²) in [5.74, 6) is -0.442. The SMILES string of the molecule is CC(=O)NC(C)C(=O)Nc1ccccc1. The van der Waals surface area contributed by atoms with Gasteiger partial charge in [-0.2, -0.15) is 0 Å². The first kappa shape index (κ1) is 11.2. The smallest absolute Gasteiger partial charge is 0.246 e. The highest BCUT2D eigenvalue weighted by molar-refractivity contribution is 5.96. The van der Waals surface area contributed by atoms with Gasteiger partial charge in [-0.3, -0.25) is 9.59 Å². The summed E-state index contributed by atoms with van der Waals surface area (Å²) in [6.45, 7) is 3.02. The standard InChI is InChI=1S/C11H14N2O2/c1-8(12-9(2)14)11(15)13-10-6-4-3-5-7-10/h3-8H,1-2H3,(H,12,14)(H,13,15). The number of rotatable bonds is 3. The van der Waals surface area contributed by atoms with Gasteiger partial charge < -0.3 is 10.6 Å². The highest BCUT2D eigenvalue weighted by Crippen LogP contribution is 2.05.